The predicted molar refractivity (Wildman–Crippen MR) is 201 cm³/mol. The minimum Gasteiger partial charge on any atom is -0.497 e. The third-order valence-corrected chi connectivity index (χ3v) is 10.6. The van der Waals surface area contributed by atoms with Crippen LogP contribution in [0.3, 0.4) is 0 Å². The Morgan fingerprint density at radius 2 is 1.33 bits per heavy atom. The second kappa shape index (κ2) is 22.3. The van der Waals surface area contributed by atoms with Crippen LogP contribution in [0.25, 0.3) is 0 Å². The first kappa shape index (κ1) is 36.5. The molecule has 1 aliphatic rings. The molecule has 0 amide bonds. The normalized spacial score (nSPS) is 13.3. The number of rotatable bonds is 23. The molecule has 1 aliphatic heterocycles. The van der Waals surface area contributed by atoms with E-state index in [0.717, 1.165) is 86.9 Å². The molecule has 3 aromatic carbocycles. The molecule has 1 fully saturated rings. The number of methoxy groups -OCH3 is 2. The van der Waals surface area contributed by atoms with E-state index >= 15 is 0 Å². The van der Waals surface area contributed by atoms with Crippen molar-refractivity contribution in [2.75, 3.05) is 89.5 Å². The van der Waals surface area contributed by atoms with E-state index in [9.17, 15) is 0 Å². The molecule has 1 heterocycles. The summed E-state index contributed by atoms with van der Waals surface area (Å²) in [6, 6.07) is 26.0. The number of thioether (sulfide) groups is 2. The molecule has 0 aliphatic carbocycles. The van der Waals surface area contributed by atoms with Crippen molar-refractivity contribution in [3.05, 3.63) is 89.5 Å². The van der Waals surface area contributed by atoms with Crippen molar-refractivity contribution in [2.45, 2.75) is 43.6 Å². The van der Waals surface area contributed by atoms with Crippen molar-refractivity contribution in [3.63, 3.8) is 0 Å². The summed E-state index contributed by atoms with van der Waals surface area (Å²) < 4.78 is 10.6. The van der Waals surface area contributed by atoms with Gasteiger partial charge < -0.3 is 29.9 Å². The molecule has 3 aromatic rings. The Balaban J connectivity index is 1.13. The summed E-state index contributed by atoms with van der Waals surface area (Å²) in [6.07, 6.45) is 6.35. The molecule has 8 heteroatoms. The lowest BCUT2D eigenvalue weighted by atomic mass is 10.0. The summed E-state index contributed by atoms with van der Waals surface area (Å²) in [4.78, 5) is 5.24. The standard InChI is InChI=1S/C38H56N4O2S2/c1-43-36-16-12-33(13-17-36)31-45-29-23-40-20-25-41(28-30-46-32-34-14-18-37(44-2)19-15-34)24-8-4-3-5-9-35-10-6-7-11-38(35)42-26-21-39-22-27-42/h6-7,10-19,39-40H,3-5,8-9,20-32H2,1-2H3. The number of piperazine rings is 1. The van der Waals surface area contributed by atoms with Crippen molar-refractivity contribution in [1.29, 1.82) is 0 Å². The Bertz CT molecular complexity index is 1210. The molecule has 0 saturated carbocycles. The Kier molecular flexibility index (Phi) is 17.6. The summed E-state index contributed by atoms with van der Waals surface area (Å²) in [7, 11) is 3.44. The molecule has 0 bridgehead atoms. The van der Waals surface area contributed by atoms with Crippen LogP contribution in [-0.2, 0) is 17.9 Å². The smallest absolute Gasteiger partial charge is 0.118 e. The zero-order valence-electron chi connectivity index (χ0n) is 28.2. The van der Waals surface area contributed by atoms with Crippen LogP contribution >= 0.6 is 23.5 Å². The van der Waals surface area contributed by atoms with Gasteiger partial charge in [0, 0.05) is 81.1 Å². The molecule has 6 nitrogen and oxygen atoms in total. The predicted octanol–water partition coefficient (Wildman–Crippen LogP) is 6.97. The Hall–Kier alpha value is -2.36. The zero-order valence-corrected chi connectivity index (χ0v) is 29.8. The summed E-state index contributed by atoms with van der Waals surface area (Å²) >= 11 is 4.03. The van der Waals surface area contributed by atoms with Crippen molar-refractivity contribution < 1.29 is 9.47 Å². The molecule has 0 aromatic heterocycles. The lowest BCUT2D eigenvalue weighted by Crippen LogP contribution is -2.43. The molecule has 0 spiro atoms. The molecule has 1 saturated heterocycles. The van der Waals surface area contributed by atoms with Gasteiger partial charge in [0.05, 0.1) is 14.2 Å². The molecule has 252 valence electrons. The van der Waals surface area contributed by atoms with E-state index in [-0.39, 0.29) is 0 Å². The van der Waals surface area contributed by atoms with Gasteiger partial charge in [-0.3, -0.25) is 0 Å². The number of nitrogens with zero attached hydrogens (tertiary/aromatic N) is 2. The SMILES string of the molecule is COc1ccc(CSCCNCCN(CCCCCCc2ccccc2N2CCNCC2)CCSCc2ccc(OC)cc2)cc1. The number of anilines is 1. The minimum atomic E-state index is 0.922. The van der Waals surface area contributed by atoms with Crippen molar-refractivity contribution in [2.24, 2.45) is 0 Å². The molecule has 46 heavy (non-hydrogen) atoms. The Morgan fingerprint density at radius 3 is 2.00 bits per heavy atom. The van der Waals surface area contributed by atoms with Gasteiger partial charge in [0.25, 0.3) is 0 Å². The van der Waals surface area contributed by atoms with Crippen LogP contribution in [-0.4, -0.2) is 89.5 Å². The fourth-order valence-corrected chi connectivity index (χ4v) is 7.62. The number of para-hydroxylation sites is 1. The third kappa shape index (κ3) is 13.8. The number of hydrogen-bond acceptors (Lipinski definition) is 8. The summed E-state index contributed by atoms with van der Waals surface area (Å²) in [5.41, 5.74) is 5.69. The second-order valence-corrected chi connectivity index (χ2v) is 14.1. The highest BCUT2D eigenvalue weighted by Gasteiger charge is 2.13. The number of aryl methyl sites for hydroxylation is 1. The highest BCUT2D eigenvalue weighted by Crippen LogP contribution is 2.23. The summed E-state index contributed by atoms with van der Waals surface area (Å²) in [5.74, 6) is 6.23. The largest absolute Gasteiger partial charge is 0.497 e. The van der Waals surface area contributed by atoms with E-state index in [0.29, 0.717) is 0 Å². The van der Waals surface area contributed by atoms with Gasteiger partial charge in [-0.1, -0.05) is 55.3 Å². The monoisotopic (exact) mass is 664 g/mol. The summed E-state index contributed by atoms with van der Waals surface area (Å²) in [6.45, 7) is 9.95. The second-order valence-electron chi connectivity index (χ2n) is 11.9. The van der Waals surface area contributed by atoms with Crippen LogP contribution in [0.15, 0.2) is 72.8 Å². The van der Waals surface area contributed by atoms with Gasteiger partial charge in [-0.05, 0) is 72.8 Å². The molecule has 0 radical (unpaired) electrons. The van der Waals surface area contributed by atoms with Gasteiger partial charge in [0.15, 0.2) is 0 Å². The average Bonchev–Trinajstić information content (AvgIpc) is 3.11. The molecule has 2 N–H and O–H groups in total. The maximum Gasteiger partial charge on any atom is 0.118 e. The van der Waals surface area contributed by atoms with Gasteiger partial charge in [0.2, 0.25) is 0 Å². The van der Waals surface area contributed by atoms with E-state index in [1.165, 1.54) is 61.0 Å². The first-order valence-electron chi connectivity index (χ1n) is 17.1. The fraction of sp³-hybridized carbons (Fsp3) is 0.526. The topological polar surface area (TPSA) is 49.0 Å². The van der Waals surface area contributed by atoms with E-state index in [2.05, 4.69) is 81.1 Å². The van der Waals surface area contributed by atoms with E-state index in [1.54, 1.807) is 14.2 Å². The third-order valence-electron chi connectivity index (χ3n) is 8.56. The molecular formula is C38H56N4O2S2. The van der Waals surface area contributed by atoms with Crippen LogP contribution in [0.5, 0.6) is 11.5 Å². The Morgan fingerprint density at radius 1 is 0.696 bits per heavy atom. The fourth-order valence-electron chi connectivity index (χ4n) is 5.80. The first-order chi connectivity index (χ1) is 22.7. The van der Waals surface area contributed by atoms with Crippen LogP contribution in [0.2, 0.25) is 0 Å². The van der Waals surface area contributed by atoms with Gasteiger partial charge >= 0.3 is 0 Å². The van der Waals surface area contributed by atoms with E-state index < -0.39 is 0 Å². The number of nitrogens with one attached hydrogen (secondary N) is 2. The van der Waals surface area contributed by atoms with Crippen molar-refractivity contribution >= 4 is 29.2 Å². The lowest BCUT2D eigenvalue weighted by molar-refractivity contribution is 0.283. The molecule has 0 unspecified atom stereocenters. The first-order valence-corrected chi connectivity index (χ1v) is 19.4. The number of unbranched alkanes of at least 4 members (excludes halogenated alkanes) is 3. The highest BCUT2D eigenvalue weighted by molar-refractivity contribution is 7.98. The zero-order chi connectivity index (χ0) is 32.1. The van der Waals surface area contributed by atoms with Crippen molar-refractivity contribution in [3.8, 4) is 11.5 Å². The quantitative estimate of drug-likeness (QED) is 0.105. The van der Waals surface area contributed by atoms with Gasteiger partial charge in [-0.25, -0.2) is 0 Å². The van der Waals surface area contributed by atoms with Crippen LogP contribution in [0.4, 0.5) is 5.69 Å². The molecular weight excluding hydrogens is 609 g/mol. The number of hydrogen-bond donors (Lipinski definition) is 2. The number of ether oxygens (including phenoxy) is 2. The summed E-state index contributed by atoms with van der Waals surface area (Å²) in [5, 5.41) is 7.18. The maximum atomic E-state index is 5.31. The van der Waals surface area contributed by atoms with E-state index in [4.69, 9.17) is 9.47 Å². The average molecular weight is 665 g/mol. The van der Waals surface area contributed by atoms with Crippen LogP contribution in [0, 0.1) is 0 Å². The van der Waals surface area contributed by atoms with Gasteiger partial charge in [0.1, 0.15) is 11.5 Å². The van der Waals surface area contributed by atoms with Crippen LogP contribution < -0.4 is 25.0 Å². The van der Waals surface area contributed by atoms with Gasteiger partial charge in [-0.2, -0.15) is 23.5 Å². The molecule has 0 atom stereocenters. The lowest BCUT2D eigenvalue weighted by Gasteiger charge is -2.31. The minimum absolute atomic E-state index is 0.922. The highest BCUT2D eigenvalue weighted by atomic mass is 32.2. The molecule has 4 rings (SSSR count). The maximum absolute atomic E-state index is 5.31. The van der Waals surface area contributed by atoms with Gasteiger partial charge in [-0.15, -0.1) is 0 Å². The number of benzene rings is 3. The van der Waals surface area contributed by atoms with Crippen LogP contribution in [0.1, 0.15) is 42.4 Å². The Labute approximate surface area is 287 Å². The van der Waals surface area contributed by atoms with E-state index in [1.807, 2.05) is 35.7 Å². The van der Waals surface area contributed by atoms with Crippen molar-refractivity contribution in [1.82, 2.24) is 15.5 Å².